The van der Waals surface area contributed by atoms with Crippen molar-refractivity contribution in [3.05, 3.63) is 23.2 Å². The number of amides is 1. The van der Waals surface area contributed by atoms with Gasteiger partial charge in [-0.25, -0.2) is 9.78 Å². The molecule has 0 radical (unpaired) electrons. The molecule has 0 bridgehead atoms. The van der Waals surface area contributed by atoms with Gasteiger partial charge in [-0.05, 0) is 58.2 Å². The normalized spacial score (nSPS) is 24.4. The molecule has 3 heterocycles. The Hall–Kier alpha value is -1.86. The van der Waals surface area contributed by atoms with Crippen LogP contribution in [0.15, 0.2) is 12.3 Å². The second-order valence-corrected chi connectivity index (χ2v) is 9.26. The zero-order valence-corrected chi connectivity index (χ0v) is 17.5. The molecule has 8 heteroatoms. The third-order valence-electron chi connectivity index (χ3n) is 5.90. The van der Waals surface area contributed by atoms with Gasteiger partial charge in [0.15, 0.2) is 6.23 Å². The number of aromatic nitrogens is 3. The van der Waals surface area contributed by atoms with Crippen LogP contribution in [0.3, 0.4) is 0 Å². The maximum absolute atomic E-state index is 13.0. The molecule has 1 amide bonds. The highest BCUT2D eigenvalue weighted by molar-refractivity contribution is 6.28. The summed E-state index contributed by atoms with van der Waals surface area (Å²) in [4.78, 5) is 23.1. The van der Waals surface area contributed by atoms with E-state index in [4.69, 9.17) is 16.3 Å². The van der Waals surface area contributed by atoms with Gasteiger partial charge in [0.25, 0.3) is 0 Å². The van der Waals surface area contributed by atoms with Crippen LogP contribution in [0.1, 0.15) is 71.5 Å². The third kappa shape index (κ3) is 2.95. The number of halogens is 1. The molecule has 2 aromatic rings. The molecule has 1 N–H and O–H groups in total. The molecule has 0 saturated heterocycles. The minimum absolute atomic E-state index is 0.177. The largest absolute Gasteiger partial charge is 0.444 e. The van der Waals surface area contributed by atoms with E-state index < -0.39 is 23.5 Å². The number of ether oxygens (including phenoxy) is 1. The molecule has 152 valence electrons. The van der Waals surface area contributed by atoms with Gasteiger partial charge in [-0.1, -0.05) is 19.3 Å². The van der Waals surface area contributed by atoms with Crippen molar-refractivity contribution in [2.75, 3.05) is 0 Å². The Bertz CT molecular complexity index is 914. The molecule has 1 aliphatic carbocycles. The fourth-order valence-corrected chi connectivity index (χ4v) is 4.84. The quantitative estimate of drug-likeness (QED) is 0.657. The van der Waals surface area contributed by atoms with Crippen LogP contribution in [0.2, 0.25) is 5.28 Å². The summed E-state index contributed by atoms with van der Waals surface area (Å²) < 4.78 is 7.75. The van der Waals surface area contributed by atoms with Gasteiger partial charge in [0.05, 0.1) is 11.6 Å². The first-order valence-corrected chi connectivity index (χ1v) is 10.3. The summed E-state index contributed by atoms with van der Waals surface area (Å²) >= 11 is 6.09. The molecule has 1 aliphatic heterocycles. The Morgan fingerprint density at radius 2 is 2.00 bits per heavy atom. The van der Waals surface area contributed by atoms with Crippen LogP contribution in [-0.4, -0.2) is 42.5 Å². The Morgan fingerprint density at radius 3 is 2.64 bits per heavy atom. The molecule has 1 fully saturated rings. The zero-order valence-electron chi connectivity index (χ0n) is 16.8. The van der Waals surface area contributed by atoms with Crippen molar-refractivity contribution < 1.29 is 14.6 Å². The van der Waals surface area contributed by atoms with Gasteiger partial charge in [-0.15, -0.1) is 0 Å². The molecular formula is C20H27ClN4O3. The highest BCUT2D eigenvalue weighted by Crippen LogP contribution is 2.49. The lowest BCUT2D eigenvalue weighted by molar-refractivity contribution is -0.129. The van der Waals surface area contributed by atoms with Crippen LogP contribution < -0.4 is 0 Å². The van der Waals surface area contributed by atoms with Crippen molar-refractivity contribution in [1.82, 2.24) is 19.4 Å². The summed E-state index contributed by atoms with van der Waals surface area (Å²) in [6.45, 7) is 7.40. The van der Waals surface area contributed by atoms with E-state index >= 15 is 0 Å². The molecule has 2 aromatic heterocycles. The number of hydrogen-bond donors (Lipinski definition) is 1. The first kappa shape index (κ1) is 19.5. The van der Waals surface area contributed by atoms with Crippen LogP contribution in [0.4, 0.5) is 4.79 Å². The lowest BCUT2D eigenvalue weighted by atomic mass is 9.77. The predicted octanol–water partition coefficient (Wildman–Crippen LogP) is 4.37. The van der Waals surface area contributed by atoms with E-state index in [1.807, 2.05) is 33.8 Å². The van der Waals surface area contributed by atoms with E-state index in [2.05, 4.69) is 14.5 Å². The molecular weight excluding hydrogens is 380 g/mol. The van der Waals surface area contributed by atoms with Gasteiger partial charge >= 0.3 is 6.09 Å². The maximum atomic E-state index is 13.0. The van der Waals surface area contributed by atoms with Crippen LogP contribution in [0.5, 0.6) is 0 Å². The van der Waals surface area contributed by atoms with Crippen molar-refractivity contribution in [2.24, 2.45) is 0 Å². The summed E-state index contributed by atoms with van der Waals surface area (Å²) in [5.41, 5.74) is 0.354. The van der Waals surface area contributed by atoms with Gasteiger partial charge in [-0.2, -0.15) is 4.98 Å². The third-order valence-corrected chi connectivity index (χ3v) is 6.08. The van der Waals surface area contributed by atoms with Crippen molar-refractivity contribution in [2.45, 2.75) is 83.2 Å². The summed E-state index contributed by atoms with van der Waals surface area (Å²) in [6, 6.07) is 1.63. The average molecular weight is 407 g/mol. The van der Waals surface area contributed by atoms with Crippen LogP contribution >= 0.6 is 11.6 Å². The Morgan fingerprint density at radius 1 is 1.32 bits per heavy atom. The smallest absolute Gasteiger partial charge is 0.412 e. The number of carbonyl (C=O) groups is 1. The minimum atomic E-state index is -1.01. The standard InChI is InChI=1S/C20H27ClN4O3/c1-12-14-10-13-11-22-17(21)23-15(13)25(14)20(8-6-5-7-9-20)16(26)24(12)18(27)28-19(2,3)4/h10-12,16,26H,5-9H2,1-4H3. The fraction of sp³-hybridized carbons (Fsp3) is 0.650. The lowest BCUT2D eigenvalue weighted by Gasteiger charge is -2.52. The first-order valence-electron chi connectivity index (χ1n) is 9.88. The average Bonchev–Trinajstić information content (AvgIpc) is 2.99. The van der Waals surface area contributed by atoms with Crippen molar-refractivity contribution in [3.8, 4) is 0 Å². The Labute approximate surface area is 169 Å². The van der Waals surface area contributed by atoms with Crippen molar-refractivity contribution >= 4 is 28.7 Å². The summed E-state index contributed by atoms with van der Waals surface area (Å²) in [5, 5.41) is 12.5. The second-order valence-electron chi connectivity index (χ2n) is 8.92. The Kier molecular flexibility index (Phi) is 4.58. The first-order chi connectivity index (χ1) is 13.1. The lowest BCUT2D eigenvalue weighted by Crippen LogP contribution is -2.62. The second kappa shape index (κ2) is 6.59. The van der Waals surface area contributed by atoms with Gasteiger partial charge in [0, 0.05) is 17.3 Å². The van der Waals surface area contributed by atoms with E-state index in [0.29, 0.717) is 5.65 Å². The van der Waals surface area contributed by atoms with E-state index in [1.165, 1.54) is 4.90 Å². The zero-order chi connectivity index (χ0) is 20.3. The summed E-state index contributed by atoms with van der Waals surface area (Å²) in [5.74, 6) is 0. The highest BCUT2D eigenvalue weighted by atomic mass is 35.5. The molecule has 2 atom stereocenters. The van der Waals surface area contributed by atoms with Gasteiger partial charge in [-0.3, -0.25) is 4.90 Å². The van der Waals surface area contributed by atoms with Crippen molar-refractivity contribution in [3.63, 3.8) is 0 Å². The number of nitrogens with zero attached hydrogens (tertiary/aromatic N) is 4. The van der Waals surface area contributed by atoms with Gasteiger partial charge in [0.2, 0.25) is 5.28 Å². The topological polar surface area (TPSA) is 80.5 Å². The van der Waals surface area contributed by atoms with Crippen LogP contribution in [0.25, 0.3) is 11.0 Å². The van der Waals surface area contributed by atoms with E-state index in [0.717, 1.165) is 43.2 Å². The molecule has 2 unspecified atom stereocenters. The minimum Gasteiger partial charge on any atom is -0.444 e. The van der Waals surface area contributed by atoms with E-state index in [1.54, 1.807) is 6.20 Å². The number of fused-ring (bicyclic) bond motifs is 4. The molecule has 1 saturated carbocycles. The van der Waals surface area contributed by atoms with Gasteiger partial charge < -0.3 is 14.4 Å². The molecule has 1 spiro atoms. The van der Waals surface area contributed by atoms with E-state index in [9.17, 15) is 9.90 Å². The SMILES string of the molecule is CC1c2cc3cnc(Cl)nc3n2C2(CCCCC2)C(O)N1C(=O)OC(C)(C)C. The summed E-state index contributed by atoms with van der Waals surface area (Å²) in [6.07, 6.45) is 4.78. The number of aliphatic hydroxyl groups excluding tert-OH is 1. The number of rotatable bonds is 0. The van der Waals surface area contributed by atoms with Crippen LogP contribution in [0, 0.1) is 0 Å². The predicted molar refractivity (Wildman–Crippen MR) is 106 cm³/mol. The Balaban J connectivity index is 1.91. The number of hydrogen-bond acceptors (Lipinski definition) is 5. The molecule has 4 rings (SSSR count). The molecule has 0 aromatic carbocycles. The highest BCUT2D eigenvalue weighted by Gasteiger charge is 2.53. The molecule has 28 heavy (non-hydrogen) atoms. The molecule has 2 aliphatic rings. The monoisotopic (exact) mass is 406 g/mol. The number of aliphatic hydroxyl groups is 1. The number of carbonyl (C=O) groups excluding carboxylic acids is 1. The fourth-order valence-electron chi connectivity index (χ4n) is 4.71. The van der Waals surface area contributed by atoms with Crippen molar-refractivity contribution in [1.29, 1.82) is 0 Å². The van der Waals surface area contributed by atoms with Crippen LogP contribution in [-0.2, 0) is 10.3 Å². The molecule has 7 nitrogen and oxygen atoms in total. The maximum Gasteiger partial charge on any atom is 0.412 e. The summed E-state index contributed by atoms with van der Waals surface area (Å²) in [7, 11) is 0. The van der Waals surface area contributed by atoms with Gasteiger partial charge in [0.1, 0.15) is 11.2 Å². The van der Waals surface area contributed by atoms with E-state index in [-0.39, 0.29) is 11.3 Å².